The zero-order valence-corrected chi connectivity index (χ0v) is 1.12. The maximum Gasteiger partial charge on any atom is 0.187 e. The Hall–Kier alpha value is 0.735. The molecule has 3 heteroatoms. The van der Waals surface area contributed by atoms with Crippen LogP contribution >= 0.6 is 0 Å². The summed E-state index contributed by atoms with van der Waals surface area (Å²) in [6.45, 7) is 2.00. The van der Waals surface area contributed by atoms with Crippen molar-refractivity contribution in [1.29, 1.82) is 0 Å². The summed E-state index contributed by atoms with van der Waals surface area (Å²) in [4.78, 5) is 8.00. The first-order valence-electron chi connectivity index (χ1n) is 0.289. The van der Waals surface area contributed by atoms with Gasteiger partial charge in [-0.1, -0.05) is 0 Å². The van der Waals surface area contributed by atoms with Gasteiger partial charge in [0.05, 0.1) is 0 Å². The maximum absolute atomic E-state index is 8.00. The molecule has 0 bridgehead atoms. The number of rotatable bonds is 0. The van der Waals surface area contributed by atoms with Gasteiger partial charge in [-0.25, -0.2) is 0 Å². The third-order valence-electron chi connectivity index (χ3n) is 0. The van der Waals surface area contributed by atoms with Crippen molar-refractivity contribution in [1.82, 2.24) is 0 Å². The Balaban J connectivity index is -0.00000000500. The third-order valence-corrected chi connectivity index (χ3v) is 0. The molecule has 0 saturated carbocycles. The molecule has 1 nitrogen and oxygen atoms in total. The number of carbonyl (C=O) groups excluding carboxylic acids is 1. The summed E-state index contributed by atoms with van der Waals surface area (Å²) < 4.78 is 0. The van der Waals surface area contributed by atoms with Gasteiger partial charge in [-0.15, -0.1) is 0 Å². The summed E-state index contributed by atoms with van der Waals surface area (Å²) in [6, 6.07) is 0. The molecule has 0 aliphatic carbocycles. The highest BCUT2D eigenvalue weighted by molar-refractivity contribution is 5.76. The van der Waals surface area contributed by atoms with E-state index in [4.69, 9.17) is 4.79 Å². The van der Waals surface area contributed by atoms with Crippen molar-refractivity contribution < 1.29 is 4.79 Å². The lowest BCUT2D eigenvalue weighted by atomic mass is 11.9. The number of carbonyl (C=O) groups is 1. The zero-order chi connectivity index (χ0) is 2.00. The van der Waals surface area contributed by atoms with Gasteiger partial charge < -0.3 is 4.79 Å². The van der Waals surface area contributed by atoms with Crippen LogP contribution in [0.1, 0.15) is 0 Å². The van der Waals surface area contributed by atoms with Crippen LogP contribution in [0.25, 0.3) is 0 Å². The van der Waals surface area contributed by atoms with Crippen molar-refractivity contribution in [2.24, 2.45) is 0 Å². The fraction of sp³-hybridized carbons (Fsp3) is 0. The van der Waals surface area contributed by atoms with Crippen molar-refractivity contribution in [3.05, 3.63) is 0 Å². The smallest absolute Gasteiger partial charge is 0.187 e. The average molecular weight is 90.0 g/mol. The van der Waals surface area contributed by atoms with Gasteiger partial charge in [-0.2, -0.15) is 0 Å². The first-order chi connectivity index (χ1) is 1.00. The van der Waals surface area contributed by atoms with Gasteiger partial charge in [0, 0.05) is 0 Å². The lowest BCUT2D eigenvalue weighted by molar-refractivity contribution is -0.0979. The minimum Gasteiger partial charge on any atom is -0.307 e. The van der Waals surface area contributed by atoms with Crippen LogP contribution in [-0.2, 0) is 4.79 Å². The quantitative estimate of drug-likeness (QED) is 0.299. The molecule has 0 aliphatic rings. The molecular formula is CH8Al2O. The molecular weight excluding hydrogens is 82.0 g/mol. The van der Waals surface area contributed by atoms with E-state index in [0.29, 0.717) is 0 Å². The molecule has 0 aromatic carbocycles. The van der Waals surface area contributed by atoms with Crippen LogP contribution in [0.2, 0.25) is 0 Å². The Labute approximate surface area is 46.6 Å². The normalized spacial score (nSPS) is 1.00. The van der Waals surface area contributed by atoms with Crippen LogP contribution in [0.3, 0.4) is 0 Å². The Morgan fingerprint density at radius 1 is 1.00 bits per heavy atom. The van der Waals surface area contributed by atoms with Gasteiger partial charge in [0.15, 0.2) is 34.7 Å². The Morgan fingerprint density at radius 2 is 1.00 bits per heavy atom. The summed E-state index contributed by atoms with van der Waals surface area (Å²) in [5, 5.41) is 0. The van der Waals surface area contributed by atoms with Crippen LogP contribution in [0.4, 0.5) is 0 Å². The molecule has 0 amide bonds. The molecule has 0 aromatic heterocycles. The highest BCUT2D eigenvalue weighted by atomic mass is 27.0. The summed E-state index contributed by atoms with van der Waals surface area (Å²) >= 11 is 0. The van der Waals surface area contributed by atoms with Gasteiger partial charge in [-0.05, 0) is 0 Å². The Kier molecular flexibility index (Phi) is 284. The predicted octanol–water partition coefficient (Wildman–Crippen LogP) is -2.55. The largest absolute Gasteiger partial charge is 0.307 e. The highest BCUT2D eigenvalue weighted by Crippen LogP contribution is 0.494. The molecule has 0 N–H and O–H groups in total. The molecule has 0 aliphatic heterocycles. The van der Waals surface area contributed by atoms with Crippen molar-refractivity contribution in [2.45, 2.75) is 0 Å². The standard InChI is InChI=1S/CH2O.2Al.6H/c1-2;;;;;;;;/h1H2;;;;;;;;. The van der Waals surface area contributed by atoms with E-state index in [1.54, 1.807) is 0 Å². The molecule has 0 rings (SSSR count). The monoisotopic (exact) mass is 90.0 g/mol. The van der Waals surface area contributed by atoms with Gasteiger partial charge in [0.2, 0.25) is 0 Å². The fourth-order valence-corrected chi connectivity index (χ4v) is 0. The van der Waals surface area contributed by atoms with Crippen molar-refractivity contribution in [2.75, 3.05) is 0 Å². The summed E-state index contributed by atoms with van der Waals surface area (Å²) in [5.74, 6) is 0. The van der Waals surface area contributed by atoms with E-state index in [1.165, 1.54) is 0 Å². The minimum atomic E-state index is 0. The van der Waals surface area contributed by atoms with Gasteiger partial charge in [0.1, 0.15) is 6.79 Å². The third kappa shape index (κ3) is 15.2. The summed E-state index contributed by atoms with van der Waals surface area (Å²) in [5.41, 5.74) is 0. The number of hydrogen-bond acceptors (Lipinski definition) is 1. The molecule has 24 valence electrons. The molecule has 0 aromatic rings. The zero-order valence-electron chi connectivity index (χ0n) is 1.12. The molecule has 0 unspecified atom stereocenters. The van der Waals surface area contributed by atoms with E-state index in [0.717, 1.165) is 0 Å². The first-order valence-corrected chi connectivity index (χ1v) is 0.289. The van der Waals surface area contributed by atoms with Gasteiger partial charge in [0.25, 0.3) is 0 Å². The van der Waals surface area contributed by atoms with Crippen LogP contribution in [0, 0.1) is 0 Å². The predicted molar refractivity (Wildman–Crippen MR) is 27.0 cm³/mol. The number of hydrogen-bond donors (Lipinski definition) is 0. The highest BCUT2D eigenvalue weighted by Gasteiger charge is 0.636. The van der Waals surface area contributed by atoms with E-state index >= 15 is 0 Å². The SMILES string of the molecule is C=O.[AlH3].[AlH3]. The van der Waals surface area contributed by atoms with Gasteiger partial charge in [-0.3, -0.25) is 0 Å². The molecule has 0 fully saturated rings. The van der Waals surface area contributed by atoms with E-state index in [1.807, 2.05) is 6.79 Å². The second-order valence-electron chi connectivity index (χ2n) is 0. The van der Waals surface area contributed by atoms with E-state index in [9.17, 15) is 0 Å². The van der Waals surface area contributed by atoms with Crippen molar-refractivity contribution in [3.8, 4) is 0 Å². The van der Waals surface area contributed by atoms with Crippen molar-refractivity contribution >= 4 is 41.5 Å². The molecule has 0 heterocycles. The summed E-state index contributed by atoms with van der Waals surface area (Å²) in [6.07, 6.45) is 0. The first kappa shape index (κ1) is 21.9. The average Bonchev–Trinajstić information content (AvgIpc) is 1.00. The van der Waals surface area contributed by atoms with E-state index in [-0.39, 0.29) is 34.7 Å². The molecule has 4 heavy (non-hydrogen) atoms. The fourth-order valence-electron chi connectivity index (χ4n) is 0. The second-order valence-corrected chi connectivity index (χ2v) is 0. The Bertz CT molecular complexity index is 6.00. The van der Waals surface area contributed by atoms with Gasteiger partial charge >= 0.3 is 0 Å². The van der Waals surface area contributed by atoms with Crippen LogP contribution in [0.5, 0.6) is 0 Å². The lowest BCUT2D eigenvalue weighted by Gasteiger charge is -0.837. The van der Waals surface area contributed by atoms with Crippen LogP contribution in [0.15, 0.2) is 0 Å². The van der Waals surface area contributed by atoms with Crippen molar-refractivity contribution in [3.63, 3.8) is 0 Å². The van der Waals surface area contributed by atoms with Crippen LogP contribution in [-0.4, -0.2) is 41.5 Å². The topological polar surface area (TPSA) is 17.1 Å². The van der Waals surface area contributed by atoms with E-state index in [2.05, 4.69) is 0 Å². The minimum absolute atomic E-state index is 0. The lowest BCUT2D eigenvalue weighted by Crippen LogP contribution is -0.925. The van der Waals surface area contributed by atoms with E-state index < -0.39 is 0 Å². The van der Waals surface area contributed by atoms with Crippen LogP contribution < -0.4 is 0 Å². The second kappa shape index (κ2) is 51.7. The molecule has 0 spiro atoms. The maximum atomic E-state index is 8.00. The molecule has 0 radical (unpaired) electrons. The Morgan fingerprint density at radius 3 is 1.00 bits per heavy atom. The molecule has 0 atom stereocenters. The molecule has 0 saturated heterocycles. The summed E-state index contributed by atoms with van der Waals surface area (Å²) in [7, 11) is 0.